The number of carbonyl (C=O) groups excluding carboxylic acids is 1. The van der Waals surface area contributed by atoms with Gasteiger partial charge in [0.25, 0.3) is 5.91 Å². The van der Waals surface area contributed by atoms with Crippen LogP contribution in [0.3, 0.4) is 0 Å². The van der Waals surface area contributed by atoms with E-state index in [9.17, 15) is 4.79 Å². The third-order valence-corrected chi connectivity index (χ3v) is 4.02. The maximum Gasteiger partial charge on any atom is 0.251 e. The molecule has 1 aliphatic heterocycles. The summed E-state index contributed by atoms with van der Waals surface area (Å²) in [6.07, 6.45) is 0.454. The molecule has 1 N–H and O–H groups in total. The Hall–Kier alpha value is -3.35. The van der Waals surface area contributed by atoms with Crippen molar-refractivity contribution in [3.05, 3.63) is 59.5 Å². The predicted octanol–water partition coefficient (Wildman–Crippen LogP) is 2.75. The van der Waals surface area contributed by atoms with Crippen molar-refractivity contribution >= 4 is 5.91 Å². The first-order valence-corrected chi connectivity index (χ1v) is 8.26. The van der Waals surface area contributed by atoms with Crippen LogP contribution in [0.2, 0.25) is 0 Å². The summed E-state index contributed by atoms with van der Waals surface area (Å²) in [6.45, 7) is 2.59. The quantitative estimate of drug-likeness (QED) is 0.761. The van der Waals surface area contributed by atoms with E-state index in [1.165, 1.54) is 5.56 Å². The molecule has 0 saturated heterocycles. The summed E-state index contributed by atoms with van der Waals surface area (Å²) in [5, 5.41) is 10.9. The molecule has 0 unspecified atom stereocenters. The van der Waals surface area contributed by atoms with E-state index < -0.39 is 0 Å². The van der Waals surface area contributed by atoms with E-state index in [-0.39, 0.29) is 12.7 Å². The van der Waals surface area contributed by atoms with Gasteiger partial charge in [0.1, 0.15) is 0 Å². The highest BCUT2D eigenvalue weighted by molar-refractivity contribution is 5.94. The van der Waals surface area contributed by atoms with Gasteiger partial charge in [-0.15, -0.1) is 10.2 Å². The zero-order valence-electron chi connectivity index (χ0n) is 14.2. The average Bonchev–Trinajstić information content (AvgIpc) is 3.31. The van der Waals surface area contributed by atoms with Crippen LogP contribution in [0.15, 0.2) is 46.9 Å². The van der Waals surface area contributed by atoms with E-state index in [1.807, 2.05) is 31.2 Å². The zero-order valence-corrected chi connectivity index (χ0v) is 14.2. The summed E-state index contributed by atoms with van der Waals surface area (Å²) in [7, 11) is 0. The second-order valence-electron chi connectivity index (χ2n) is 5.94. The van der Waals surface area contributed by atoms with Gasteiger partial charge in [0.05, 0.1) is 0 Å². The second-order valence-corrected chi connectivity index (χ2v) is 5.94. The van der Waals surface area contributed by atoms with Gasteiger partial charge < -0.3 is 19.2 Å². The van der Waals surface area contributed by atoms with Gasteiger partial charge >= 0.3 is 0 Å². The van der Waals surface area contributed by atoms with Gasteiger partial charge in [0, 0.05) is 24.1 Å². The lowest BCUT2D eigenvalue weighted by Gasteiger charge is -2.04. The van der Waals surface area contributed by atoms with Gasteiger partial charge in [-0.2, -0.15) is 0 Å². The zero-order chi connectivity index (χ0) is 17.9. The van der Waals surface area contributed by atoms with Crippen LogP contribution in [-0.2, 0) is 6.42 Å². The minimum atomic E-state index is -0.193. The van der Waals surface area contributed by atoms with Crippen molar-refractivity contribution in [2.24, 2.45) is 0 Å². The molecule has 2 aromatic carbocycles. The van der Waals surface area contributed by atoms with Gasteiger partial charge in [-0.3, -0.25) is 4.79 Å². The molecule has 0 spiro atoms. The number of hydrogen-bond donors (Lipinski definition) is 1. The molecule has 0 atom stereocenters. The Kier molecular flexibility index (Phi) is 4.27. The minimum Gasteiger partial charge on any atom is -0.454 e. The van der Waals surface area contributed by atoms with Crippen LogP contribution in [0, 0.1) is 6.92 Å². The van der Waals surface area contributed by atoms with Crippen LogP contribution in [0.1, 0.15) is 21.8 Å². The molecule has 7 heteroatoms. The molecule has 3 aromatic rings. The van der Waals surface area contributed by atoms with E-state index in [4.69, 9.17) is 13.9 Å². The topological polar surface area (TPSA) is 86.5 Å². The van der Waals surface area contributed by atoms with Crippen molar-refractivity contribution in [2.45, 2.75) is 13.3 Å². The second kappa shape index (κ2) is 6.87. The number of benzene rings is 2. The molecule has 0 bridgehead atoms. The summed E-state index contributed by atoms with van der Waals surface area (Å²) in [5.74, 6) is 1.99. The number of carbonyl (C=O) groups is 1. The Bertz CT molecular complexity index is 934. The number of nitrogens with one attached hydrogen (secondary N) is 1. The van der Waals surface area contributed by atoms with Gasteiger partial charge in [0.15, 0.2) is 11.5 Å². The number of hydrogen-bond acceptors (Lipinski definition) is 6. The summed E-state index contributed by atoms with van der Waals surface area (Å²) in [6, 6.07) is 13.0. The minimum absolute atomic E-state index is 0.181. The fraction of sp³-hybridized carbons (Fsp3) is 0.211. The van der Waals surface area contributed by atoms with Crippen molar-refractivity contribution in [2.75, 3.05) is 13.3 Å². The number of nitrogens with zero attached hydrogens (tertiary/aromatic N) is 2. The fourth-order valence-electron chi connectivity index (χ4n) is 2.59. The molecule has 1 aromatic heterocycles. The lowest BCUT2D eigenvalue weighted by molar-refractivity contribution is 0.0953. The highest BCUT2D eigenvalue weighted by Gasteiger charge is 2.16. The molecule has 0 fully saturated rings. The molecule has 2 heterocycles. The molecular formula is C19H17N3O4. The molecular weight excluding hydrogens is 334 g/mol. The van der Waals surface area contributed by atoms with E-state index >= 15 is 0 Å². The number of fused-ring (bicyclic) bond motifs is 1. The number of amides is 1. The number of aromatic nitrogens is 2. The average molecular weight is 351 g/mol. The summed E-state index contributed by atoms with van der Waals surface area (Å²) in [4.78, 5) is 12.2. The predicted molar refractivity (Wildman–Crippen MR) is 93.1 cm³/mol. The van der Waals surface area contributed by atoms with E-state index in [0.29, 0.717) is 41.8 Å². The first-order valence-electron chi connectivity index (χ1n) is 8.26. The smallest absolute Gasteiger partial charge is 0.251 e. The first-order chi connectivity index (χ1) is 12.7. The van der Waals surface area contributed by atoms with Crippen molar-refractivity contribution < 1.29 is 18.7 Å². The van der Waals surface area contributed by atoms with Crippen LogP contribution in [-0.4, -0.2) is 29.4 Å². The molecule has 7 nitrogen and oxygen atoms in total. The molecule has 1 aliphatic rings. The van der Waals surface area contributed by atoms with Crippen molar-refractivity contribution in [3.63, 3.8) is 0 Å². The normalized spacial score (nSPS) is 12.2. The number of ether oxygens (including phenoxy) is 2. The van der Waals surface area contributed by atoms with Gasteiger partial charge in [-0.1, -0.05) is 17.7 Å². The fourth-order valence-corrected chi connectivity index (χ4v) is 2.59. The molecule has 0 radical (unpaired) electrons. The molecule has 0 aliphatic carbocycles. The Balaban J connectivity index is 1.33. The van der Waals surface area contributed by atoms with Crippen molar-refractivity contribution in [1.29, 1.82) is 0 Å². The Morgan fingerprint density at radius 1 is 1.08 bits per heavy atom. The first kappa shape index (κ1) is 16.1. The number of aryl methyl sites for hydroxylation is 1. The third kappa shape index (κ3) is 3.37. The van der Waals surface area contributed by atoms with Gasteiger partial charge in [0.2, 0.25) is 18.6 Å². The highest BCUT2D eigenvalue weighted by Crippen LogP contribution is 2.32. The Labute approximate surface area is 150 Å². The maximum atomic E-state index is 12.2. The molecule has 0 saturated carbocycles. The maximum absolute atomic E-state index is 12.2. The van der Waals surface area contributed by atoms with E-state index in [0.717, 1.165) is 5.56 Å². The Morgan fingerprint density at radius 2 is 1.88 bits per heavy atom. The summed E-state index contributed by atoms with van der Waals surface area (Å²) < 4.78 is 16.2. The SMILES string of the molecule is Cc1ccc(-c2nnc(CCNC(=O)c3ccc4c(c3)OCO4)o2)cc1. The molecule has 26 heavy (non-hydrogen) atoms. The van der Waals surface area contributed by atoms with E-state index in [2.05, 4.69) is 15.5 Å². The molecule has 4 rings (SSSR count). The van der Waals surface area contributed by atoms with Crippen LogP contribution >= 0.6 is 0 Å². The third-order valence-electron chi connectivity index (χ3n) is 4.02. The monoisotopic (exact) mass is 351 g/mol. The Morgan fingerprint density at radius 3 is 2.73 bits per heavy atom. The lowest BCUT2D eigenvalue weighted by Crippen LogP contribution is -2.25. The molecule has 1 amide bonds. The van der Waals surface area contributed by atoms with Crippen LogP contribution in [0.25, 0.3) is 11.5 Å². The van der Waals surface area contributed by atoms with Gasteiger partial charge in [-0.05, 0) is 37.3 Å². The number of rotatable bonds is 5. The van der Waals surface area contributed by atoms with Crippen molar-refractivity contribution in [3.8, 4) is 23.0 Å². The summed E-state index contributed by atoms with van der Waals surface area (Å²) in [5.41, 5.74) is 2.55. The molecule has 132 valence electrons. The van der Waals surface area contributed by atoms with Crippen LogP contribution < -0.4 is 14.8 Å². The van der Waals surface area contributed by atoms with Crippen LogP contribution in [0.4, 0.5) is 0 Å². The standard InChI is InChI=1S/C19H17N3O4/c1-12-2-4-13(5-3-12)19-22-21-17(26-19)8-9-20-18(23)14-6-7-15-16(10-14)25-11-24-15/h2-7,10H,8-9,11H2,1H3,(H,20,23). The van der Waals surface area contributed by atoms with Crippen molar-refractivity contribution in [1.82, 2.24) is 15.5 Å². The largest absolute Gasteiger partial charge is 0.454 e. The lowest BCUT2D eigenvalue weighted by atomic mass is 10.1. The van der Waals surface area contributed by atoms with Gasteiger partial charge in [-0.25, -0.2) is 0 Å². The van der Waals surface area contributed by atoms with E-state index in [1.54, 1.807) is 18.2 Å². The van der Waals surface area contributed by atoms with Crippen LogP contribution in [0.5, 0.6) is 11.5 Å². The highest BCUT2D eigenvalue weighted by atomic mass is 16.7. The summed E-state index contributed by atoms with van der Waals surface area (Å²) >= 11 is 0.